The highest BCUT2D eigenvalue weighted by Crippen LogP contribution is 2.42. The molecular formula is C43H53N3O7. The van der Waals surface area contributed by atoms with Crippen molar-refractivity contribution in [3.63, 3.8) is 0 Å². The molecule has 53 heavy (non-hydrogen) atoms. The van der Waals surface area contributed by atoms with Crippen LogP contribution in [-0.4, -0.2) is 64.8 Å². The number of rotatable bonds is 17. The quantitative estimate of drug-likeness (QED) is 0.0798. The SMILES string of the molecule is CC(=O)NCCCCCC(=O)NCc1ccccc1-c1ccc([C@H]2O[C@@H](CN(C)C[C@@H](O)c3cccc(O)c3)[C@@H](C)[C@@H](c3ccc(CO)cc3)O2)cc1. The van der Waals surface area contributed by atoms with Crippen LogP contribution in [0.5, 0.6) is 5.75 Å². The van der Waals surface area contributed by atoms with Gasteiger partial charge < -0.3 is 40.3 Å². The number of unbranched alkanes of at least 4 members (excludes halogenated alkanes) is 2. The van der Waals surface area contributed by atoms with Crippen molar-refractivity contribution in [2.75, 3.05) is 26.7 Å². The number of aromatic hydroxyl groups is 1. The average Bonchev–Trinajstić information content (AvgIpc) is 3.16. The fourth-order valence-corrected chi connectivity index (χ4v) is 6.75. The lowest BCUT2D eigenvalue weighted by atomic mass is 9.90. The van der Waals surface area contributed by atoms with Crippen molar-refractivity contribution in [1.29, 1.82) is 0 Å². The molecule has 4 aromatic rings. The topological polar surface area (TPSA) is 141 Å². The second kappa shape index (κ2) is 19.5. The Morgan fingerprint density at radius 2 is 1.60 bits per heavy atom. The van der Waals surface area contributed by atoms with Crippen LogP contribution in [0.25, 0.3) is 11.1 Å². The lowest BCUT2D eigenvalue weighted by Gasteiger charge is -2.42. The van der Waals surface area contributed by atoms with E-state index in [0.717, 1.165) is 52.6 Å². The molecule has 1 fully saturated rings. The molecule has 0 spiro atoms. The molecule has 5 N–H and O–H groups in total. The molecule has 1 aliphatic heterocycles. The second-order valence-electron chi connectivity index (χ2n) is 14.0. The van der Waals surface area contributed by atoms with Gasteiger partial charge in [-0.2, -0.15) is 0 Å². The lowest BCUT2D eigenvalue weighted by Crippen LogP contribution is -2.44. The number of phenols is 1. The van der Waals surface area contributed by atoms with Gasteiger partial charge in [0.25, 0.3) is 0 Å². The van der Waals surface area contributed by atoms with Gasteiger partial charge in [0.2, 0.25) is 11.8 Å². The van der Waals surface area contributed by atoms with Gasteiger partial charge in [-0.1, -0.05) is 98.3 Å². The molecule has 0 aromatic heterocycles. The molecule has 0 radical (unpaired) electrons. The molecule has 0 aliphatic carbocycles. The Balaban J connectivity index is 1.26. The molecule has 4 aromatic carbocycles. The van der Waals surface area contributed by atoms with Crippen LogP contribution in [0, 0.1) is 5.92 Å². The standard InChI is InChI=1S/C43H53N3O7/c1-29-40(27-46(3)26-39(50)35-11-9-12-37(49)24-35)52-43(53-42(29)33-17-15-31(28-47)16-18-33)34-21-19-32(20-22-34)38-13-7-6-10-36(38)25-45-41(51)14-5-4-8-23-44-30(2)48/h6-7,9-13,15-22,24,29,39-40,42-43,47,49-50H,4-5,8,14,23,25-28H2,1-3H3,(H,44,48)(H,45,51)/t29-,39-,40+,42+,43+/m1/s1. The third-order valence-corrected chi connectivity index (χ3v) is 9.80. The Bertz CT molecular complexity index is 1760. The lowest BCUT2D eigenvalue weighted by molar-refractivity contribution is -0.276. The van der Waals surface area contributed by atoms with E-state index < -0.39 is 12.4 Å². The summed E-state index contributed by atoms with van der Waals surface area (Å²) in [6, 6.07) is 30.7. The summed E-state index contributed by atoms with van der Waals surface area (Å²) in [4.78, 5) is 25.6. The number of amides is 2. The summed E-state index contributed by atoms with van der Waals surface area (Å²) in [6.45, 7) is 5.52. The smallest absolute Gasteiger partial charge is 0.220 e. The van der Waals surface area contributed by atoms with Gasteiger partial charge in [-0.15, -0.1) is 0 Å². The van der Waals surface area contributed by atoms with Gasteiger partial charge in [-0.3, -0.25) is 9.59 Å². The number of aliphatic hydroxyl groups excluding tert-OH is 2. The second-order valence-corrected chi connectivity index (χ2v) is 14.0. The maximum absolute atomic E-state index is 12.6. The van der Waals surface area contributed by atoms with E-state index in [9.17, 15) is 24.9 Å². The molecule has 0 unspecified atom stereocenters. The molecule has 5 atom stereocenters. The van der Waals surface area contributed by atoms with E-state index in [1.165, 1.54) is 6.92 Å². The molecule has 0 bridgehead atoms. The average molecular weight is 724 g/mol. The minimum Gasteiger partial charge on any atom is -0.508 e. The zero-order valence-electron chi connectivity index (χ0n) is 30.9. The zero-order valence-corrected chi connectivity index (χ0v) is 30.9. The van der Waals surface area contributed by atoms with Crippen molar-refractivity contribution in [2.45, 2.75) is 77.3 Å². The molecule has 5 rings (SSSR count). The number of nitrogens with zero attached hydrogens (tertiary/aromatic N) is 1. The minimum atomic E-state index is -0.782. The molecule has 0 saturated carbocycles. The Kier molecular flexibility index (Phi) is 14.6. The van der Waals surface area contributed by atoms with Crippen molar-refractivity contribution in [3.05, 3.63) is 125 Å². The van der Waals surface area contributed by atoms with Crippen LogP contribution in [-0.2, 0) is 32.2 Å². The number of hydrogen-bond acceptors (Lipinski definition) is 8. The molecule has 282 valence electrons. The van der Waals surface area contributed by atoms with Gasteiger partial charge >= 0.3 is 0 Å². The Hall–Kier alpha value is -4.58. The molecular weight excluding hydrogens is 670 g/mol. The summed E-state index contributed by atoms with van der Waals surface area (Å²) >= 11 is 0. The molecule has 10 heteroatoms. The van der Waals surface area contributed by atoms with Gasteiger partial charge in [0.05, 0.1) is 24.9 Å². The fraction of sp³-hybridized carbons (Fsp3) is 0.395. The summed E-state index contributed by atoms with van der Waals surface area (Å²) in [6.07, 6.45) is 0.992. The Morgan fingerprint density at radius 1 is 0.868 bits per heavy atom. The van der Waals surface area contributed by atoms with E-state index in [-0.39, 0.29) is 42.3 Å². The first kappa shape index (κ1) is 39.6. The number of carbonyl (C=O) groups excluding carboxylic acids is 2. The van der Waals surface area contributed by atoms with Crippen molar-refractivity contribution < 1.29 is 34.4 Å². The van der Waals surface area contributed by atoms with E-state index >= 15 is 0 Å². The highest BCUT2D eigenvalue weighted by molar-refractivity contribution is 5.76. The molecule has 1 saturated heterocycles. The Labute approximate surface area is 312 Å². The molecule has 1 aliphatic rings. The van der Waals surface area contributed by atoms with Gasteiger partial charge in [0.15, 0.2) is 6.29 Å². The highest BCUT2D eigenvalue weighted by Gasteiger charge is 2.39. The number of ether oxygens (including phenoxy) is 2. The van der Waals surface area contributed by atoms with Gasteiger partial charge in [0.1, 0.15) is 5.75 Å². The van der Waals surface area contributed by atoms with Gasteiger partial charge in [-0.05, 0) is 65.4 Å². The van der Waals surface area contributed by atoms with Crippen molar-refractivity contribution in [3.8, 4) is 16.9 Å². The van der Waals surface area contributed by atoms with Crippen molar-refractivity contribution in [1.82, 2.24) is 15.5 Å². The molecule has 1 heterocycles. The van der Waals surface area contributed by atoms with Crippen LogP contribution >= 0.6 is 0 Å². The van der Waals surface area contributed by atoms with Crippen molar-refractivity contribution in [2.24, 2.45) is 5.92 Å². The van der Waals surface area contributed by atoms with E-state index in [1.807, 2.05) is 78.7 Å². The first-order chi connectivity index (χ1) is 25.6. The highest BCUT2D eigenvalue weighted by atomic mass is 16.7. The number of carbonyl (C=O) groups is 2. The zero-order chi connectivity index (χ0) is 37.7. The number of likely N-dealkylation sites (N-methyl/N-ethyl adjacent to an activating group) is 1. The van der Waals surface area contributed by atoms with Crippen LogP contribution in [0.4, 0.5) is 0 Å². The van der Waals surface area contributed by atoms with Crippen LogP contribution in [0.3, 0.4) is 0 Å². The monoisotopic (exact) mass is 723 g/mol. The summed E-state index contributed by atoms with van der Waals surface area (Å²) in [5, 5.41) is 36.3. The maximum atomic E-state index is 12.6. The molecule has 2 amide bonds. The van der Waals surface area contributed by atoms with E-state index in [0.29, 0.717) is 38.2 Å². The summed E-state index contributed by atoms with van der Waals surface area (Å²) in [7, 11) is 1.95. The third kappa shape index (κ3) is 11.5. The first-order valence-electron chi connectivity index (χ1n) is 18.5. The Morgan fingerprint density at radius 3 is 2.32 bits per heavy atom. The van der Waals surface area contributed by atoms with Crippen LogP contribution in [0.2, 0.25) is 0 Å². The minimum absolute atomic E-state index is 0.00475. The predicted octanol–water partition coefficient (Wildman–Crippen LogP) is 6.32. The van der Waals surface area contributed by atoms with Crippen LogP contribution in [0.15, 0.2) is 97.1 Å². The summed E-state index contributed by atoms with van der Waals surface area (Å²) in [5.74, 6) is 0.0516. The van der Waals surface area contributed by atoms with Gasteiger partial charge in [0, 0.05) is 51.0 Å². The summed E-state index contributed by atoms with van der Waals surface area (Å²) in [5.41, 5.74) is 6.39. The first-order valence-corrected chi connectivity index (χ1v) is 18.5. The van der Waals surface area contributed by atoms with Crippen molar-refractivity contribution >= 4 is 11.8 Å². The van der Waals surface area contributed by atoms with Crippen LogP contribution < -0.4 is 10.6 Å². The number of benzene rings is 4. The maximum Gasteiger partial charge on any atom is 0.220 e. The predicted molar refractivity (Wildman–Crippen MR) is 204 cm³/mol. The van der Waals surface area contributed by atoms with Crippen LogP contribution in [0.1, 0.15) is 85.8 Å². The molecule has 10 nitrogen and oxygen atoms in total. The summed E-state index contributed by atoms with van der Waals surface area (Å²) < 4.78 is 13.3. The fourth-order valence-electron chi connectivity index (χ4n) is 6.75. The largest absolute Gasteiger partial charge is 0.508 e. The number of nitrogens with one attached hydrogen (secondary N) is 2. The van der Waals surface area contributed by atoms with E-state index in [4.69, 9.17) is 9.47 Å². The van der Waals surface area contributed by atoms with Gasteiger partial charge in [-0.25, -0.2) is 0 Å². The number of aliphatic hydroxyl groups is 2. The number of phenolic OH excluding ortho intramolecular Hbond substituents is 1. The van der Waals surface area contributed by atoms with E-state index in [1.54, 1.807) is 24.3 Å². The van der Waals surface area contributed by atoms with E-state index in [2.05, 4.69) is 23.6 Å². The number of hydrogen-bond donors (Lipinski definition) is 5. The normalized spacial score (nSPS) is 19.1. The third-order valence-electron chi connectivity index (χ3n) is 9.80.